The third-order valence-electron chi connectivity index (χ3n) is 3.44. The summed E-state index contributed by atoms with van der Waals surface area (Å²) in [5.74, 6) is 0. The Morgan fingerprint density at radius 3 is 3.00 bits per heavy atom. The van der Waals surface area contributed by atoms with Crippen molar-refractivity contribution in [2.75, 3.05) is 18.9 Å². The molecule has 0 aliphatic carbocycles. The molecule has 0 unspecified atom stereocenters. The zero-order valence-electron chi connectivity index (χ0n) is 11.9. The molecule has 0 radical (unpaired) electrons. The van der Waals surface area contributed by atoms with Gasteiger partial charge in [-0.05, 0) is 50.3 Å². The standard InChI is InChI=1S/C16H23N3/c1-13-7-8-16(17-2)15(12-13)14-6-4-3-5-10-18-19-11-9-14/h7-10,12,17,19H,3-6,11H2,1-2H3/b14-9+,18-10-. The van der Waals surface area contributed by atoms with Gasteiger partial charge in [-0.3, -0.25) is 0 Å². The van der Waals surface area contributed by atoms with Crippen LogP contribution in [0.15, 0.2) is 29.4 Å². The lowest BCUT2D eigenvalue weighted by Gasteiger charge is -2.15. The van der Waals surface area contributed by atoms with Crippen molar-refractivity contribution in [3.63, 3.8) is 0 Å². The monoisotopic (exact) mass is 257 g/mol. The summed E-state index contributed by atoms with van der Waals surface area (Å²) in [6.45, 7) is 2.94. The van der Waals surface area contributed by atoms with Crippen molar-refractivity contribution in [2.45, 2.75) is 32.6 Å². The van der Waals surface area contributed by atoms with E-state index in [9.17, 15) is 0 Å². The van der Waals surface area contributed by atoms with Crippen LogP contribution in [0.4, 0.5) is 5.69 Å². The summed E-state index contributed by atoms with van der Waals surface area (Å²) >= 11 is 0. The van der Waals surface area contributed by atoms with E-state index in [1.165, 1.54) is 35.2 Å². The quantitative estimate of drug-likeness (QED) is 0.849. The Hall–Kier alpha value is -1.77. The third-order valence-corrected chi connectivity index (χ3v) is 3.44. The number of allylic oxidation sites excluding steroid dienone is 1. The molecule has 1 aromatic rings. The summed E-state index contributed by atoms with van der Waals surface area (Å²) in [5.41, 5.74) is 8.33. The molecule has 1 aliphatic rings. The maximum atomic E-state index is 4.19. The van der Waals surface area contributed by atoms with Crippen LogP contribution in [0.5, 0.6) is 0 Å². The predicted octanol–water partition coefficient (Wildman–Crippen LogP) is 3.57. The van der Waals surface area contributed by atoms with Crippen LogP contribution in [0, 0.1) is 6.92 Å². The van der Waals surface area contributed by atoms with Crippen molar-refractivity contribution in [1.82, 2.24) is 5.43 Å². The van der Waals surface area contributed by atoms with Gasteiger partial charge in [-0.2, -0.15) is 5.10 Å². The van der Waals surface area contributed by atoms with Crippen LogP contribution in [0.1, 0.15) is 36.8 Å². The molecule has 2 N–H and O–H groups in total. The minimum atomic E-state index is 0.795. The van der Waals surface area contributed by atoms with Gasteiger partial charge in [0.25, 0.3) is 0 Å². The molecule has 1 heterocycles. The van der Waals surface area contributed by atoms with Crippen LogP contribution in [0.3, 0.4) is 0 Å². The van der Waals surface area contributed by atoms with Crippen molar-refractivity contribution < 1.29 is 0 Å². The highest BCUT2D eigenvalue weighted by molar-refractivity contribution is 5.77. The van der Waals surface area contributed by atoms with Crippen molar-refractivity contribution in [2.24, 2.45) is 5.10 Å². The van der Waals surface area contributed by atoms with Gasteiger partial charge in [-0.1, -0.05) is 17.7 Å². The van der Waals surface area contributed by atoms with Gasteiger partial charge in [0.15, 0.2) is 0 Å². The van der Waals surface area contributed by atoms with Gasteiger partial charge in [0.05, 0.1) is 6.54 Å². The SMILES string of the molecule is CNc1ccc(C)cc1/C1=C/CN/N=C\CCCC1. The van der Waals surface area contributed by atoms with E-state index in [4.69, 9.17) is 0 Å². The molecule has 3 nitrogen and oxygen atoms in total. The van der Waals surface area contributed by atoms with Gasteiger partial charge in [-0.15, -0.1) is 0 Å². The molecule has 0 aromatic heterocycles. The van der Waals surface area contributed by atoms with E-state index in [0.29, 0.717) is 0 Å². The molecule has 19 heavy (non-hydrogen) atoms. The van der Waals surface area contributed by atoms with Gasteiger partial charge in [-0.25, -0.2) is 0 Å². The second kappa shape index (κ2) is 6.98. The lowest BCUT2D eigenvalue weighted by molar-refractivity contribution is 0.762. The number of benzene rings is 1. The summed E-state index contributed by atoms with van der Waals surface area (Å²) in [6, 6.07) is 6.58. The molecule has 2 rings (SSSR count). The van der Waals surface area contributed by atoms with E-state index in [1.54, 1.807) is 0 Å². The van der Waals surface area contributed by atoms with E-state index in [1.807, 2.05) is 13.3 Å². The lowest BCUT2D eigenvalue weighted by atomic mass is 9.96. The average Bonchev–Trinajstić information content (AvgIpc) is 2.44. The predicted molar refractivity (Wildman–Crippen MR) is 83.7 cm³/mol. The molecule has 0 bridgehead atoms. The summed E-state index contributed by atoms with van der Waals surface area (Å²) in [7, 11) is 1.98. The molecule has 0 atom stereocenters. The van der Waals surface area contributed by atoms with Gasteiger partial charge in [0, 0.05) is 24.5 Å². The molecule has 0 saturated carbocycles. The fourth-order valence-electron chi connectivity index (χ4n) is 2.39. The van der Waals surface area contributed by atoms with E-state index in [2.05, 4.69) is 47.0 Å². The maximum Gasteiger partial charge on any atom is 0.0516 e. The first-order chi connectivity index (χ1) is 9.31. The number of hydrazone groups is 1. The number of rotatable bonds is 2. The van der Waals surface area contributed by atoms with E-state index < -0.39 is 0 Å². The van der Waals surface area contributed by atoms with Crippen LogP contribution < -0.4 is 10.7 Å². The molecule has 1 aromatic carbocycles. The zero-order valence-corrected chi connectivity index (χ0v) is 11.9. The van der Waals surface area contributed by atoms with Crippen LogP contribution in [0.25, 0.3) is 5.57 Å². The Balaban J connectivity index is 2.28. The van der Waals surface area contributed by atoms with Crippen LogP contribution in [0.2, 0.25) is 0 Å². The largest absolute Gasteiger partial charge is 0.388 e. The Labute approximate surface area is 115 Å². The summed E-state index contributed by atoms with van der Waals surface area (Å²) in [4.78, 5) is 0. The minimum Gasteiger partial charge on any atom is -0.388 e. The second-order valence-corrected chi connectivity index (χ2v) is 4.95. The zero-order chi connectivity index (χ0) is 13.5. The highest BCUT2D eigenvalue weighted by atomic mass is 15.3. The molecular formula is C16H23N3. The molecule has 102 valence electrons. The molecule has 0 spiro atoms. The van der Waals surface area contributed by atoms with Gasteiger partial charge < -0.3 is 10.7 Å². The third kappa shape index (κ3) is 3.85. The van der Waals surface area contributed by atoms with Gasteiger partial charge in [0.1, 0.15) is 0 Å². The summed E-state index contributed by atoms with van der Waals surface area (Å²) in [5, 5.41) is 7.48. The van der Waals surface area contributed by atoms with E-state index in [0.717, 1.165) is 19.4 Å². The smallest absolute Gasteiger partial charge is 0.0516 e. The fourth-order valence-corrected chi connectivity index (χ4v) is 2.39. The first-order valence-corrected chi connectivity index (χ1v) is 7.03. The molecular weight excluding hydrogens is 234 g/mol. The number of hydrogen-bond donors (Lipinski definition) is 2. The van der Waals surface area contributed by atoms with Gasteiger partial charge >= 0.3 is 0 Å². The van der Waals surface area contributed by atoms with Crippen LogP contribution in [-0.2, 0) is 0 Å². The number of nitrogens with zero attached hydrogens (tertiary/aromatic N) is 1. The van der Waals surface area contributed by atoms with E-state index >= 15 is 0 Å². The maximum absolute atomic E-state index is 4.19. The van der Waals surface area contributed by atoms with Crippen molar-refractivity contribution in [3.8, 4) is 0 Å². The Kier molecular flexibility index (Phi) is 5.01. The second-order valence-electron chi connectivity index (χ2n) is 4.95. The Bertz CT molecular complexity index is 475. The van der Waals surface area contributed by atoms with Crippen molar-refractivity contribution >= 4 is 17.5 Å². The first-order valence-electron chi connectivity index (χ1n) is 7.03. The Morgan fingerprint density at radius 1 is 1.26 bits per heavy atom. The molecule has 3 heteroatoms. The number of aryl methyl sites for hydroxylation is 1. The van der Waals surface area contributed by atoms with Crippen LogP contribution in [-0.4, -0.2) is 19.8 Å². The average molecular weight is 257 g/mol. The molecule has 0 saturated heterocycles. The Morgan fingerprint density at radius 2 is 2.16 bits per heavy atom. The summed E-state index contributed by atoms with van der Waals surface area (Å²) in [6.07, 6.45) is 8.85. The molecule has 0 fully saturated rings. The normalized spacial score (nSPS) is 20.8. The topological polar surface area (TPSA) is 36.4 Å². The minimum absolute atomic E-state index is 0.795. The van der Waals surface area contributed by atoms with E-state index in [-0.39, 0.29) is 0 Å². The van der Waals surface area contributed by atoms with Gasteiger partial charge in [0.2, 0.25) is 0 Å². The number of hydrogen-bond acceptors (Lipinski definition) is 3. The van der Waals surface area contributed by atoms with Crippen LogP contribution >= 0.6 is 0 Å². The molecule has 0 amide bonds. The number of nitrogens with one attached hydrogen (secondary N) is 2. The fraction of sp³-hybridized carbons (Fsp3) is 0.438. The number of anilines is 1. The lowest BCUT2D eigenvalue weighted by Crippen LogP contribution is -2.07. The summed E-state index contributed by atoms with van der Waals surface area (Å²) < 4.78 is 0. The highest BCUT2D eigenvalue weighted by Gasteiger charge is 2.08. The first kappa shape index (κ1) is 13.7. The van der Waals surface area contributed by atoms with Crippen molar-refractivity contribution in [3.05, 3.63) is 35.4 Å². The molecule has 1 aliphatic heterocycles. The van der Waals surface area contributed by atoms with Crippen molar-refractivity contribution in [1.29, 1.82) is 0 Å². The highest BCUT2D eigenvalue weighted by Crippen LogP contribution is 2.28.